The summed E-state index contributed by atoms with van der Waals surface area (Å²) < 4.78 is 26.5. The van der Waals surface area contributed by atoms with Crippen molar-refractivity contribution in [2.45, 2.75) is 40.3 Å². The number of rotatable bonds is 9. The van der Waals surface area contributed by atoms with Gasteiger partial charge < -0.3 is 10.2 Å². The lowest BCUT2D eigenvalue weighted by atomic mass is 10.1. The minimum atomic E-state index is -3.79. The van der Waals surface area contributed by atoms with Gasteiger partial charge in [-0.2, -0.15) is 0 Å². The second-order valence-electron chi connectivity index (χ2n) is 7.84. The number of hydrogen-bond donors (Lipinski definition) is 1. The van der Waals surface area contributed by atoms with Gasteiger partial charge >= 0.3 is 0 Å². The van der Waals surface area contributed by atoms with Crippen molar-refractivity contribution in [1.29, 1.82) is 0 Å². The Hall–Kier alpha value is -2.29. The van der Waals surface area contributed by atoms with E-state index in [2.05, 4.69) is 5.32 Å². The molecule has 0 aromatic heterocycles. The van der Waals surface area contributed by atoms with Crippen LogP contribution in [0.25, 0.3) is 0 Å². The van der Waals surface area contributed by atoms with Crippen LogP contribution in [0.4, 0.5) is 5.69 Å². The van der Waals surface area contributed by atoms with Gasteiger partial charge in [-0.05, 0) is 56.5 Å². The highest BCUT2D eigenvalue weighted by Gasteiger charge is 2.31. The Labute approximate surface area is 205 Å². The van der Waals surface area contributed by atoms with Gasteiger partial charge in [-0.25, -0.2) is 8.42 Å². The summed E-state index contributed by atoms with van der Waals surface area (Å²) in [6.45, 7) is 6.89. The number of halogens is 2. The number of sulfonamides is 1. The number of aryl methyl sites for hydroxylation is 2. The fourth-order valence-corrected chi connectivity index (χ4v) is 4.95. The second kappa shape index (κ2) is 11.2. The quantitative estimate of drug-likeness (QED) is 0.550. The van der Waals surface area contributed by atoms with Crippen LogP contribution < -0.4 is 9.62 Å². The number of likely N-dealkylation sites (N-methyl/N-ethyl adjacent to an activating group) is 1. The van der Waals surface area contributed by atoms with E-state index in [1.807, 2.05) is 6.07 Å². The van der Waals surface area contributed by atoms with Crippen molar-refractivity contribution >= 4 is 50.7 Å². The third kappa shape index (κ3) is 6.85. The molecule has 2 rings (SSSR count). The fourth-order valence-electron chi connectivity index (χ4n) is 3.51. The van der Waals surface area contributed by atoms with Crippen molar-refractivity contribution in [1.82, 2.24) is 10.2 Å². The minimum Gasteiger partial charge on any atom is -0.355 e. The molecule has 0 aliphatic heterocycles. The SMILES string of the molecule is CCNC(=O)[C@@H](C)N(Cc1ccc(Cl)cc1Cl)C(=O)CN(c1c(C)cccc1C)S(C)(=O)=O. The molecule has 2 aromatic rings. The minimum absolute atomic E-state index is 0.0114. The molecule has 2 amide bonds. The molecule has 0 saturated carbocycles. The molecule has 1 N–H and O–H groups in total. The number of carbonyl (C=O) groups excluding carboxylic acids is 2. The average Bonchev–Trinajstić information content (AvgIpc) is 2.71. The van der Waals surface area contributed by atoms with Crippen LogP contribution in [0.1, 0.15) is 30.5 Å². The molecule has 2 aromatic carbocycles. The van der Waals surface area contributed by atoms with E-state index in [9.17, 15) is 18.0 Å². The zero-order valence-electron chi connectivity index (χ0n) is 19.4. The molecule has 33 heavy (non-hydrogen) atoms. The summed E-state index contributed by atoms with van der Waals surface area (Å²) >= 11 is 12.3. The molecule has 0 spiro atoms. The largest absolute Gasteiger partial charge is 0.355 e. The van der Waals surface area contributed by atoms with E-state index in [0.717, 1.165) is 21.7 Å². The highest BCUT2D eigenvalue weighted by Crippen LogP contribution is 2.28. The Kier molecular flexibility index (Phi) is 9.17. The van der Waals surface area contributed by atoms with Crippen LogP contribution in [-0.4, -0.2) is 50.5 Å². The molecule has 1 atom stereocenters. The van der Waals surface area contributed by atoms with Crippen molar-refractivity contribution in [2.75, 3.05) is 23.7 Å². The number of benzene rings is 2. The van der Waals surface area contributed by atoms with Crippen LogP contribution in [0, 0.1) is 13.8 Å². The first-order valence-corrected chi connectivity index (χ1v) is 13.0. The fraction of sp³-hybridized carbons (Fsp3) is 0.391. The normalized spacial score (nSPS) is 12.2. The van der Waals surface area contributed by atoms with Gasteiger partial charge in [0.15, 0.2) is 0 Å². The first-order chi connectivity index (χ1) is 15.4. The Morgan fingerprint density at radius 3 is 2.21 bits per heavy atom. The molecule has 7 nitrogen and oxygen atoms in total. The van der Waals surface area contributed by atoms with Crippen molar-refractivity contribution in [3.05, 3.63) is 63.1 Å². The van der Waals surface area contributed by atoms with Crippen molar-refractivity contribution in [2.24, 2.45) is 0 Å². The molecule has 0 radical (unpaired) electrons. The maximum atomic E-state index is 13.5. The number of anilines is 1. The third-order valence-corrected chi connectivity index (χ3v) is 6.94. The lowest BCUT2D eigenvalue weighted by molar-refractivity contribution is -0.139. The van der Waals surface area contributed by atoms with Crippen LogP contribution in [0.15, 0.2) is 36.4 Å². The predicted molar refractivity (Wildman–Crippen MR) is 133 cm³/mol. The van der Waals surface area contributed by atoms with Gasteiger partial charge in [-0.3, -0.25) is 13.9 Å². The third-order valence-electron chi connectivity index (χ3n) is 5.24. The van der Waals surface area contributed by atoms with Crippen LogP contribution in [0.5, 0.6) is 0 Å². The number of hydrogen-bond acceptors (Lipinski definition) is 4. The van der Waals surface area contributed by atoms with E-state index < -0.39 is 28.5 Å². The van der Waals surface area contributed by atoms with Crippen LogP contribution in [0.2, 0.25) is 10.0 Å². The number of nitrogens with one attached hydrogen (secondary N) is 1. The summed E-state index contributed by atoms with van der Waals surface area (Å²) in [6, 6.07) is 9.40. The van der Waals surface area contributed by atoms with Gasteiger partial charge in [0, 0.05) is 23.1 Å². The molecule has 0 saturated heterocycles. The van der Waals surface area contributed by atoms with Gasteiger partial charge in [0.25, 0.3) is 0 Å². The first kappa shape index (κ1) is 27.0. The summed E-state index contributed by atoms with van der Waals surface area (Å²) in [7, 11) is -3.79. The molecule has 0 unspecified atom stereocenters. The highest BCUT2D eigenvalue weighted by atomic mass is 35.5. The van der Waals surface area contributed by atoms with E-state index >= 15 is 0 Å². The number of nitrogens with zero attached hydrogens (tertiary/aromatic N) is 2. The Morgan fingerprint density at radius 2 is 1.70 bits per heavy atom. The van der Waals surface area contributed by atoms with E-state index in [-0.39, 0.29) is 12.5 Å². The van der Waals surface area contributed by atoms with Crippen LogP contribution in [-0.2, 0) is 26.2 Å². The van der Waals surface area contributed by atoms with Gasteiger partial charge in [-0.1, -0.05) is 47.5 Å². The molecule has 0 bridgehead atoms. The zero-order valence-corrected chi connectivity index (χ0v) is 21.7. The summed E-state index contributed by atoms with van der Waals surface area (Å²) in [4.78, 5) is 27.4. The summed E-state index contributed by atoms with van der Waals surface area (Å²) in [5, 5.41) is 3.49. The Balaban J connectivity index is 2.48. The average molecular weight is 514 g/mol. The molecule has 0 fully saturated rings. The van der Waals surface area contributed by atoms with E-state index in [0.29, 0.717) is 27.8 Å². The first-order valence-electron chi connectivity index (χ1n) is 10.4. The molecule has 0 aliphatic rings. The smallest absolute Gasteiger partial charge is 0.244 e. The standard InChI is InChI=1S/C23H29Cl2N3O4S/c1-6-26-23(30)17(4)27(13-18-10-11-19(24)12-20(18)25)21(29)14-28(33(5,31)32)22-15(2)8-7-9-16(22)3/h7-12,17H,6,13-14H2,1-5H3,(H,26,30)/t17-/m1/s1. The van der Waals surface area contributed by atoms with E-state index in [4.69, 9.17) is 23.2 Å². The van der Waals surface area contributed by atoms with Gasteiger partial charge in [-0.15, -0.1) is 0 Å². The predicted octanol–water partition coefficient (Wildman–Crippen LogP) is 3.93. The molecule has 0 aliphatic carbocycles. The van der Waals surface area contributed by atoms with Gasteiger partial charge in [0.1, 0.15) is 12.6 Å². The van der Waals surface area contributed by atoms with Crippen LogP contribution >= 0.6 is 23.2 Å². The van der Waals surface area contributed by atoms with Crippen molar-refractivity contribution < 1.29 is 18.0 Å². The van der Waals surface area contributed by atoms with Gasteiger partial charge in [0.05, 0.1) is 11.9 Å². The lowest BCUT2D eigenvalue weighted by Gasteiger charge is -2.32. The molecular weight excluding hydrogens is 485 g/mol. The van der Waals surface area contributed by atoms with Gasteiger partial charge in [0.2, 0.25) is 21.8 Å². The maximum Gasteiger partial charge on any atom is 0.244 e. The van der Waals surface area contributed by atoms with E-state index in [1.165, 1.54) is 4.90 Å². The monoisotopic (exact) mass is 513 g/mol. The maximum absolute atomic E-state index is 13.5. The van der Waals surface area contributed by atoms with Crippen LogP contribution in [0.3, 0.4) is 0 Å². The molecule has 180 valence electrons. The second-order valence-corrected chi connectivity index (χ2v) is 10.6. The number of amides is 2. The highest BCUT2D eigenvalue weighted by molar-refractivity contribution is 7.92. The van der Waals surface area contributed by atoms with Crippen molar-refractivity contribution in [3.8, 4) is 0 Å². The number of carbonyl (C=O) groups is 2. The topological polar surface area (TPSA) is 86.8 Å². The zero-order chi connectivity index (χ0) is 24.9. The summed E-state index contributed by atoms with van der Waals surface area (Å²) in [5.41, 5.74) is 2.47. The molecular formula is C23H29Cl2N3O4S. The summed E-state index contributed by atoms with van der Waals surface area (Å²) in [6.07, 6.45) is 1.06. The molecule has 10 heteroatoms. The number of para-hydroxylation sites is 1. The Bertz CT molecular complexity index is 1120. The van der Waals surface area contributed by atoms with Crippen molar-refractivity contribution in [3.63, 3.8) is 0 Å². The Morgan fingerprint density at radius 1 is 1.09 bits per heavy atom. The molecule has 0 heterocycles. The van der Waals surface area contributed by atoms with E-state index in [1.54, 1.807) is 58.0 Å². The lowest BCUT2D eigenvalue weighted by Crippen LogP contribution is -2.51. The summed E-state index contributed by atoms with van der Waals surface area (Å²) in [5.74, 6) is -0.887.